The first-order valence-electron chi connectivity index (χ1n) is 9.03. The molecular weight excluding hydrogens is 390 g/mol. The fraction of sp³-hybridized carbons (Fsp3) is 0.350. The van der Waals surface area contributed by atoms with E-state index in [1.165, 1.54) is 18.4 Å². The SMILES string of the molecule is CC1CCCn2c(-c3nc(N[C@@H](C)c4ccccc4)ncc3Br)cnc21. The Kier molecular flexibility index (Phi) is 4.76. The zero-order valence-corrected chi connectivity index (χ0v) is 16.6. The number of rotatable bonds is 4. The first-order valence-corrected chi connectivity index (χ1v) is 9.82. The monoisotopic (exact) mass is 411 g/mol. The van der Waals surface area contributed by atoms with E-state index in [0.717, 1.165) is 28.2 Å². The lowest BCUT2D eigenvalue weighted by molar-refractivity contribution is 0.466. The van der Waals surface area contributed by atoms with Gasteiger partial charge in [0, 0.05) is 18.7 Å². The van der Waals surface area contributed by atoms with E-state index in [-0.39, 0.29) is 6.04 Å². The van der Waals surface area contributed by atoms with E-state index >= 15 is 0 Å². The molecule has 6 heteroatoms. The predicted octanol–water partition coefficient (Wildman–Crippen LogP) is 5.17. The minimum Gasteiger partial charge on any atom is -0.348 e. The molecule has 3 heterocycles. The van der Waals surface area contributed by atoms with Crippen molar-refractivity contribution < 1.29 is 0 Å². The van der Waals surface area contributed by atoms with Gasteiger partial charge in [0.05, 0.1) is 22.4 Å². The fourth-order valence-corrected chi connectivity index (χ4v) is 3.92. The van der Waals surface area contributed by atoms with E-state index in [1.807, 2.05) is 30.6 Å². The van der Waals surface area contributed by atoms with Crippen LogP contribution in [0.4, 0.5) is 5.95 Å². The molecule has 5 nitrogen and oxygen atoms in total. The van der Waals surface area contributed by atoms with Crippen LogP contribution in [0.25, 0.3) is 11.4 Å². The normalized spacial score (nSPS) is 17.6. The molecule has 0 saturated heterocycles. The van der Waals surface area contributed by atoms with Gasteiger partial charge < -0.3 is 9.88 Å². The van der Waals surface area contributed by atoms with Crippen LogP contribution in [0.3, 0.4) is 0 Å². The number of hydrogen-bond donors (Lipinski definition) is 1. The third-order valence-corrected chi connectivity index (χ3v) is 5.56. The lowest BCUT2D eigenvalue weighted by Crippen LogP contribution is -2.15. The number of hydrogen-bond acceptors (Lipinski definition) is 4. The highest BCUT2D eigenvalue weighted by Crippen LogP contribution is 2.33. The van der Waals surface area contributed by atoms with E-state index in [2.05, 4.69) is 61.8 Å². The third kappa shape index (κ3) is 3.26. The van der Waals surface area contributed by atoms with Crippen molar-refractivity contribution in [3.63, 3.8) is 0 Å². The first kappa shape index (κ1) is 17.2. The molecule has 4 rings (SSSR count). The van der Waals surface area contributed by atoms with Gasteiger partial charge in [-0.2, -0.15) is 0 Å². The maximum Gasteiger partial charge on any atom is 0.223 e. The molecule has 2 atom stereocenters. The second kappa shape index (κ2) is 7.19. The van der Waals surface area contributed by atoms with Gasteiger partial charge in [0.2, 0.25) is 5.95 Å². The molecule has 0 amide bonds. The quantitative estimate of drug-likeness (QED) is 0.642. The molecule has 0 radical (unpaired) electrons. The number of fused-ring (bicyclic) bond motifs is 1. The van der Waals surface area contributed by atoms with E-state index in [4.69, 9.17) is 4.98 Å². The first-order chi connectivity index (χ1) is 12.6. The molecule has 1 unspecified atom stereocenters. The molecular formula is C20H22BrN5. The summed E-state index contributed by atoms with van der Waals surface area (Å²) in [5.74, 6) is 2.27. The van der Waals surface area contributed by atoms with E-state index in [0.29, 0.717) is 11.9 Å². The van der Waals surface area contributed by atoms with Crippen LogP contribution in [0.5, 0.6) is 0 Å². The standard InChI is InChI=1S/C20H22BrN5/c1-13-7-6-10-26-17(12-22-19(13)26)18-16(21)11-23-20(25-18)24-14(2)15-8-4-3-5-9-15/h3-5,8-9,11-14H,6-7,10H2,1-2H3,(H,23,24,25)/t13?,14-/m0/s1. The number of aromatic nitrogens is 4. The Balaban J connectivity index is 1.65. The maximum absolute atomic E-state index is 4.78. The predicted molar refractivity (Wildman–Crippen MR) is 107 cm³/mol. The highest BCUT2D eigenvalue weighted by atomic mass is 79.9. The Morgan fingerprint density at radius 1 is 1.19 bits per heavy atom. The molecule has 26 heavy (non-hydrogen) atoms. The highest BCUT2D eigenvalue weighted by molar-refractivity contribution is 9.10. The molecule has 0 fully saturated rings. The summed E-state index contributed by atoms with van der Waals surface area (Å²) >= 11 is 3.61. The minimum atomic E-state index is 0.129. The van der Waals surface area contributed by atoms with E-state index < -0.39 is 0 Å². The van der Waals surface area contributed by atoms with Crippen LogP contribution in [-0.2, 0) is 6.54 Å². The van der Waals surface area contributed by atoms with Crippen molar-refractivity contribution in [2.45, 2.75) is 45.2 Å². The molecule has 1 aromatic carbocycles. The van der Waals surface area contributed by atoms with Crippen molar-refractivity contribution in [2.24, 2.45) is 0 Å². The third-order valence-electron chi connectivity index (χ3n) is 4.98. The van der Waals surface area contributed by atoms with Crippen LogP contribution in [0.1, 0.15) is 50.0 Å². The Morgan fingerprint density at radius 3 is 2.81 bits per heavy atom. The Labute approximate surface area is 162 Å². The molecule has 134 valence electrons. The lowest BCUT2D eigenvalue weighted by atomic mass is 10.0. The number of halogens is 1. The average molecular weight is 412 g/mol. The van der Waals surface area contributed by atoms with Gasteiger partial charge in [0.25, 0.3) is 0 Å². The lowest BCUT2D eigenvalue weighted by Gasteiger charge is -2.22. The van der Waals surface area contributed by atoms with Crippen molar-refractivity contribution in [1.82, 2.24) is 19.5 Å². The average Bonchev–Trinajstić information content (AvgIpc) is 3.09. The van der Waals surface area contributed by atoms with Gasteiger partial charge in [0.15, 0.2) is 0 Å². The molecule has 0 aliphatic carbocycles. The molecule has 3 aromatic rings. The number of benzene rings is 1. The summed E-state index contributed by atoms with van der Waals surface area (Å²) in [6.07, 6.45) is 6.13. The van der Waals surface area contributed by atoms with Gasteiger partial charge in [-0.15, -0.1) is 0 Å². The maximum atomic E-state index is 4.78. The molecule has 0 spiro atoms. The summed E-state index contributed by atoms with van der Waals surface area (Å²) in [5.41, 5.74) is 3.14. The zero-order chi connectivity index (χ0) is 18.1. The van der Waals surface area contributed by atoms with Gasteiger partial charge in [0.1, 0.15) is 11.5 Å². The van der Waals surface area contributed by atoms with Crippen LogP contribution < -0.4 is 5.32 Å². The smallest absolute Gasteiger partial charge is 0.223 e. The molecule has 2 aromatic heterocycles. The minimum absolute atomic E-state index is 0.129. The second-order valence-electron chi connectivity index (χ2n) is 6.86. The van der Waals surface area contributed by atoms with Gasteiger partial charge in [-0.1, -0.05) is 37.3 Å². The van der Waals surface area contributed by atoms with Crippen LogP contribution in [0.15, 0.2) is 47.2 Å². The van der Waals surface area contributed by atoms with Crippen LogP contribution in [-0.4, -0.2) is 19.5 Å². The molecule has 1 N–H and O–H groups in total. The second-order valence-corrected chi connectivity index (χ2v) is 7.72. The van der Waals surface area contributed by atoms with Crippen molar-refractivity contribution in [1.29, 1.82) is 0 Å². The number of nitrogens with zero attached hydrogens (tertiary/aromatic N) is 4. The van der Waals surface area contributed by atoms with E-state index in [9.17, 15) is 0 Å². The van der Waals surface area contributed by atoms with E-state index in [1.54, 1.807) is 0 Å². The van der Waals surface area contributed by atoms with Gasteiger partial charge in [-0.3, -0.25) is 0 Å². The Hall–Kier alpha value is -2.21. The van der Waals surface area contributed by atoms with Gasteiger partial charge >= 0.3 is 0 Å². The van der Waals surface area contributed by atoms with Crippen molar-refractivity contribution in [2.75, 3.05) is 5.32 Å². The van der Waals surface area contributed by atoms with Crippen LogP contribution >= 0.6 is 15.9 Å². The summed E-state index contributed by atoms with van der Waals surface area (Å²) in [5, 5.41) is 3.40. The largest absolute Gasteiger partial charge is 0.348 e. The van der Waals surface area contributed by atoms with Crippen LogP contribution in [0.2, 0.25) is 0 Å². The number of nitrogens with one attached hydrogen (secondary N) is 1. The van der Waals surface area contributed by atoms with Crippen molar-refractivity contribution >= 4 is 21.9 Å². The Bertz CT molecular complexity index is 906. The Morgan fingerprint density at radius 2 is 2.00 bits per heavy atom. The summed E-state index contributed by atoms with van der Waals surface area (Å²) in [4.78, 5) is 13.9. The van der Waals surface area contributed by atoms with Crippen LogP contribution in [0, 0.1) is 0 Å². The van der Waals surface area contributed by atoms with Crippen molar-refractivity contribution in [3.05, 3.63) is 58.6 Å². The zero-order valence-electron chi connectivity index (χ0n) is 15.0. The molecule has 0 saturated carbocycles. The van der Waals surface area contributed by atoms with Gasteiger partial charge in [-0.05, 0) is 41.3 Å². The fourth-order valence-electron chi connectivity index (χ4n) is 3.53. The summed E-state index contributed by atoms with van der Waals surface area (Å²) in [6, 6.07) is 10.4. The topological polar surface area (TPSA) is 55.6 Å². The highest BCUT2D eigenvalue weighted by Gasteiger charge is 2.23. The number of anilines is 1. The van der Waals surface area contributed by atoms with Crippen molar-refractivity contribution in [3.8, 4) is 11.4 Å². The summed E-state index contributed by atoms with van der Waals surface area (Å²) in [6.45, 7) is 5.35. The molecule has 1 aliphatic rings. The summed E-state index contributed by atoms with van der Waals surface area (Å²) in [7, 11) is 0. The summed E-state index contributed by atoms with van der Waals surface area (Å²) < 4.78 is 3.18. The van der Waals surface area contributed by atoms with Gasteiger partial charge in [-0.25, -0.2) is 15.0 Å². The molecule has 1 aliphatic heterocycles. The molecule has 0 bridgehead atoms. The number of imidazole rings is 1.